The number of Topliss-reactive ketones (excluding diaryl/α,β-unsaturated/α-hetero) is 2. The van der Waals surface area contributed by atoms with Crippen LogP contribution in [-0.4, -0.2) is 38.9 Å². The van der Waals surface area contributed by atoms with Crippen LogP contribution in [0.4, 0.5) is 0 Å². The van der Waals surface area contributed by atoms with Gasteiger partial charge >= 0.3 is 0 Å². The van der Waals surface area contributed by atoms with Gasteiger partial charge in [0.2, 0.25) is 16.6 Å². The van der Waals surface area contributed by atoms with Crippen molar-refractivity contribution in [3.63, 3.8) is 0 Å². The Balaban J connectivity index is 1.66. The summed E-state index contributed by atoms with van der Waals surface area (Å²) in [5, 5.41) is 13.5. The second-order valence-corrected chi connectivity index (χ2v) is 30.8. The van der Waals surface area contributed by atoms with Crippen molar-refractivity contribution in [1.82, 2.24) is 0 Å². The number of carbonyl (C=O) groups excluding carboxylic acids is 2. The summed E-state index contributed by atoms with van der Waals surface area (Å²) in [7, 11) is -4.48. The van der Waals surface area contributed by atoms with Gasteiger partial charge in [-0.2, -0.15) is 0 Å². The standard InChI is InChI=1S/C44H72O5Si2/c1-26(2)29-20-31-24-36(49-51(16,17)41(9,10)11)38-34(43(31,13)37(45)23-29)18-19-42(12)39(46)33(25-44(38,42)47)32-21-30(27(3)4)22-35(28(32)5)48-50(14,15)40(6,7)8/h29-34,47H,1,3,18-25H2,2,4-17H3/t29-,30-,31+,32-,33+,34+,42+,43+,44-/m1/s1. The van der Waals surface area contributed by atoms with Crippen molar-refractivity contribution < 1.29 is 23.5 Å². The Hall–Kier alpha value is -1.71. The van der Waals surface area contributed by atoms with E-state index in [0.29, 0.717) is 32.1 Å². The highest BCUT2D eigenvalue weighted by Crippen LogP contribution is 2.69. The zero-order valence-corrected chi connectivity index (χ0v) is 37.1. The van der Waals surface area contributed by atoms with Gasteiger partial charge in [0.05, 0.1) is 16.9 Å². The van der Waals surface area contributed by atoms with E-state index in [2.05, 4.69) is 109 Å². The molecule has 0 aromatic carbocycles. The molecule has 5 rings (SSSR count). The number of hydrogen-bond donors (Lipinski definition) is 1. The van der Waals surface area contributed by atoms with Crippen LogP contribution in [-0.2, 0) is 18.4 Å². The largest absolute Gasteiger partial charge is 0.547 e. The van der Waals surface area contributed by atoms with Crippen LogP contribution in [0, 0.1) is 46.3 Å². The van der Waals surface area contributed by atoms with Crippen LogP contribution >= 0.6 is 0 Å². The summed E-state index contributed by atoms with van der Waals surface area (Å²) in [6, 6.07) is 0. The van der Waals surface area contributed by atoms with Crippen molar-refractivity contribution >= 4 is 28.2 Å². The van der Waals surface area contributed by atoms with Crippen molar-refractivity contribution in [2.24, 2.45) is 46.3 Å². The molecule has 0 amide bonds. The predicted molar refractivity (Wildman–Crippen MR) is 215 cm³/mol. The molecule has 0 saturated heterocycles. The lowest BCUT2D eigenvalue weighted by atomic mass is 9.46. The van der Waals surface area contributed by atoms with Crippen molar-refractivity contribution in [3.05, 3.63) is 47.0 Å². The molecule has 5 aliphatic rings. The monoisotopic (exact) mass is 736 g/mol. The van der Waals surface area contributed by atoms with Gasteiger partial charge in [0.25, 0.3) is 0 Å². The molecule has 3 fully saturated rings. The van der Waals surface area contributed by atoms with Crippen LogP contribution < -0.4 is 0 Å². The SMILES string of the molecule is C=C(C)[C@H]1CC(=O)[C@@]2(C)[C@H](CC(O[Si](C)(C)C(C)(C)C)=C3[C@@H]2CC[C@@]2(C)C(=O)[C@H]([C@@H]4C[C@@H](C(=C)C)CC(O[Si](C)(C)C(C)(C)C)=C4C)C[C@@]32O)C1. The van der Waals surface area contributed by atoms with Crippen LogP contribution in [0.1, 0.15) is 128 Å². The molecule has 7 heteroatoms. The number of carbonyl (C=O) groups is 2. The summed E-state index contributed by atoms with van der Waals surface area (Å²) >= 11 is 0. The summed E-state index contributed by atoms with van der Waals surface area (Å²) in [6.07, 6.45) is 5.35. The van der Waals surface area contributed by atoms with Crippen LogP contribution in [0.5, 0.6) is 0 Å². The lowest BCUT2D eigenvalue weighted by molar-refractivity contribution is -0.151. The van der Waals surface area contributed by atoms with Gasteiger partial charge in [0.1, 0.15) is 17.2 Å². The summed E-state index contributed by atoms with van der Waals surface area (Å²) in [4.78, 5) is 29.6. The smallest absolute Gasteiger partial charge is 0.250 e. The second kappa shape index (κ2) is 12.7. The Morgan fingerprint density at radius 2 is 1.31 bits per heavy atom. The molecular weight excluding hydrogens is 665 g/mol. The summed E-state index contributed by atoms with van der Waals surface area (Å²) in [6.45, 7) is 41.9. The van der Waals surface area contributed by atoms with Crippen molar-refractivity contribution in [2.45, 2.75) is 169 Å². The van der Waals surface area contributed by atoms with Gasteiger partial charge in [-0.05, 0) is 131 Å². The van der Waals surface area contributed by atoms with Gasteiger partial charge in [-0.15, -0.1) is 0 Å². The Bertz CT molecular complexity index is 1570. The first kappa shape index (κ1) is 40.5. The predicted octanol–water partition coefficient (Wildman–Crippen LogP) is 11.5. The molecule has 0 aromatic rings. The third-order valence-corrected chi connectivity index (χ3v) is 24.9. The molecule has 0 spiro atoms. The zero-order chi connectivity index (χ0) is 38.7. The van der Waals surface area contributed by atoms with Gasteiger partial charge in [0.15, 0.2) is 0 Å². The van der Waals surface area contributed by atoms with Gasteiger partial charge in [-0.25, -0.2) is 0 Å². The topological polar surface area (TPSA) is 72.8 Å². The molecule has 5 aliphatic carbocycles. The van der Waals surface area contributed by atoms with Crippen LogP contribution in [0.3, 0.4) is 0 Å². The van der Waals surface area contributed by atoms with E-state index in [1.807, 2.05) is 6.92 Å². The number of fused-ring (bicyclic) bond motifs is 5. The minimum absolute atomic E-state index is 0.0393. The van der Waals surface area contributed by atoms with Crippen LogP contribution in [0.25, 0.3) is 0 Å². The van der Waals surface area contributed by atoms with Gasteiger partial charge in [-0.1, -0.05) is 72.8 Å². The fraction of sp³-hybridized carbons (Fsp3) is 0.773. The van der Waals surface area contributed by atoms with Crippen molar-refractivity contribution in [1.29, 1.82) is 0 Å². The Labute approximate surface area is 313 Å². The third-order valence-electron chi connectivity index (χ3n) is 16.2. The Morgan fingerprint density at radius 1 is 0.804 bits per heavy atom. The lowest BCUT2D eigenvalue weighted by Crippen LogP contribution is -2.61. The zero-order valence-electron chi connectivity index (χ0n) is 35.1. The number of aliphatic hydroxyl groups is 1. The summed E-state index contributed by atoms with van der Waals surface area (Å²) in [5.74, 6) is 2.36. The average Bonchev–Trinajstić information content (AvgIpc) is 3.18. The van der Waals surface area contributed by atoms with E-state index in [1.54, 1.807) is 0 Å². The number of ketones is 2. The summed E-state index contributed by atoms with van der Waals surface area (Å²) in [5.41, 5.74) is 1.33. The molecule has 0 aliphatic heterocycles. The Morgan fingerprint density at radius 3 is 1.82 bits per heavy atom. The van der Waals surface area contributed by atoms with E-state index in [1.165, 1.54) is 5.57 Å². The first-order chi connectivity index (χ1) is 23.0. The fourth-order valence-electron chi connectivity index (χ4n) is 10.2. The van der Waals surface area contributed by atoms with Crippen molar-refractivity contribution in [2.75, 3.05) is 0 Å². The highest BCUT2D eigenvalue weighted by Gasteiger charge is 2.71. The number of rotatable bonds is 7. The molecule has 0 bridgehead atoms. The summed E-state index contributed by atoms with van der Waals surface area (Å²) < 4.78 is 14.4. The van der Waals surface area contributed by atoms with E-state index in [4.69, 9.17) is 8.85 Å². The molecule has 5 nitrogen and oxygen atoms in total. The molecule has 0 aromatic heterocycles. The minimum Gasteiger partial charge on any atom is -0.547 e. The highest BCUT2D eigenvalue weighted by molar-refractivity contribution is 6.74. The quantitative estimate of drug-likeness (QED) is 0.208. The number of allylic oxidation sites excluding steroid dienone is 5. The maximum absolute atomic E-state index is 15.1. The fourth-order valence-corrected chi connectivity index (χ4v) is 12.5. The first-order valence-electron chi connectivity index (χ1n) is 20.0. The van der Waals surface area contributed by atoms with E-state index in [0.717, 1.165) is 47.5 Å². The molecule has 286 valence electrons. The highest BCUT2D eigenvalue weighted by atomic mass is 28.4. The third kappa shape index (κ3) is 6.29. The first-order valence-corrected chi connectivity index (χ1v) is 25.8. The average molecular weight is 737 g/mol. The van der Waals surface area contributed by atoms with E-state index in [-0.39, 0.29) is 57.2 Å². The van der Waals surface area contributed by atoms with Crippen LogP contribution in [0.2, 0.25) is 36.3 Å². The maximum atomic E-state index is 15.1. The van der Waals surface area contributed by atoms with Gasteiger partial charge in [-0.3, -0.25) is 9.59 Å². The van der Waals surface area contributed by atoms with Crippen molar-refractivity contribution in [3.8, 4) is 0 Å². The maximum Gasteiger partial charge on any atom is 0.250 e. The Kier molecular flexibility index (Phi) is 10.1. The van der Waals surface area contributed by atoms with Gasteiger partial charge < -0.3 is 14.0 Å². The molecule has 0 radical (unpaired) electrons. The molecule has 0 heterocycles. The lowest BCUT2D eigenvalue weighted by Gasteiger charge is -2.59. The van der Waals surface area contributed by atoms with E-state index < -0.39 is 33.1 Å². The number of hydrogen-bond acceptors (Lipinski definition) is 5. The normalized spacial score (nSPS) is 37.9. The van der Waals surface area contributed by atoms with E-state index in [9.17, 15) is 9.90 Å². The molecule has 3 saturated carbocycles. The molecular formula is C44H72O5Si2. The molecule has 0 unspecified atom stereocenters. The van der Waals surface area contributed by atoms with Crippen LogP contribution in [0.15, 0.2) is 47.0 Å². The molecule has 51 heavy (non-hydrogen) atoms. The molecule has 9 atom stereocenters. The second-order valence-electron chi connectivity index (χ2n) is 21.3. The minimum atomic E-state index is -2.34. The van der Waals surface area contributed by atoms with E-state index >= 15 is 4.79 Å². The van der Waals surface area contributed by atoms with Gasteiger partial charge in [0, 0.05) is 36.2 Å². The molecule has 1 N–H and O–H groups in total.